The average Bonchev–Trinajstić information content (AvgIpc) is 2.34. The van der Waals surface area contributed by atoms with Crippen molar-refractivity contribution in [2.24, 2.45) is 11.7 Å². The van der Waals surface area contributed by atoms with Crippen molar-refractivity contribution >= 4 is 21.6 Å². The van der Waals surface area contributed by atoms with Crippen LogP contribution >= 0.6 is 15.9 Å². The normalized spacial score (nSPS) is 12.3. The van der Waals surface area contributed by atoms with Crippen LogP contribution in [0.5, 0.6) is 0 Å². The van der Waals surface area contributed by atoms with Crippen LogP contribution in [0.1, 0.15) is 38.8 Å². The third-order valence-corrected chi connectivity index (χ3v) is 3.39. The number of hydrogen-bond donors (Lipinski definition) is 1. The Hall–Kier alpha value is -1.05. The van der Waals surface area contributed by atoms with E-state index in [9.17, 15) is 0 Å². The van der Waals surface area contributed by atoms with E-state index in [0.717, 1.165) is 28.8 Å². The lowest BCUT2D eigenvalue weighted by Crippen LogP contribution is -2.30. The Labute approximate surface area is 124 Å². The van der Waals surface area contributed by atoms with E-state index in [2.05, 4.69) is 52.9 Å². The van der Waals surface area contributed by atoms with Gasteiger partial charge in [-0.25, -0.2) is 0 Å². The van der Waals surface area contributed by atoms with E-state index < -0.39 is 0 Å². The molecule has 0 saturated heterocycles. The molecule has 0 bridgehead atoms. The average molecular weight is 324 g/mol. The molecule has 0 aromatic heterocycles. The molecule has 4 heteroatoms. The maximum absolute atomic E-state index is 8.81. The number of benzene rings is 1. The van der Waals surface area contributed by atoms with E-state index in [1.165, 1.54) is 0 Å². The molecule has 1 aromatic rings. The fraction of sp³-hybridized carbons (Fsp3) is 0.533. The van der Waals surface area contributed by atoms with Crippen molar-refractivity contribution in [2.45, 2.75) is 33.2 Å². The van der Waals surface area contributed by atoms with E-state index >= 15 is 0 Å². The number of nitriles is 1. The van der Waals surface area contributed by atoms with Gasteiger partial charge in [0.15, 0.2) is 0 Å². The first-order chi connectivity index (χ1) is 8.95. The molecule has 2 N–H and O–H groups in total. The molecule has 0 heterocycles. The zero-order chi connectivity index (χ0) is 14.4. The molecule has 0 aliphatic heterocycles. The summed E-state index contributed by atoms with van der Waals surface area (Å²) in [7, 11) is 0. The molecule has 0 amide bonds. The van der Waals surface area contributed by atoms with Crippen molar-refractivity contribution in [3.8, 4) is 6.07 Å². The van der Waals surface area contributed by atoms with Gasteiger partial charge in [0, 0.05) is 29.3 Å². The minimum atomic E-state index is -0.0238. The molecule has 1 aromatic carbocycles. The van der Waals surface area contributed by atoms with Crippen LogP contribution in [0.3, 0.4) is 0 Å². The summed E-state index contributed by atoms with van der Waals surface area (Å²) in [5.74, 6) is 0.545. The highest BCUT2D eigenvalue weighted by Crippen LogP contribution is 2.29. The van der Waals surface area contributed by atoms with Gasteiger partial charge < -0.3 is 10.6 Å². The van der Waals surface area contributed by atoms with Crippen LogP contribution in [0.15, 0.2) is 22.7 Å². The summed E-state index contributed by atoms with van der Waals surface area (Å²) in [5.41, 5.74) is 8.33. The number of anilines is 1. The summed E-state index contributed by atoms with van der Waals surface area (Å²) in [6, 6.07) is 8.38. The van der Waals surface area contributed by atoms with Gasteiger partial charge in [-0.3, -0.25) is 0 Å². The van der Waals surface area contributed by atoms with Gasteiger partial charge in [0.05, 0.1) is 12.5 Å². The molecular formula is C15H22BrN3. The number of hydrogen-bond acceptors (Lipinski definition) is 3. The zero-order valence-corrected chi connectivity index (χ0v) is 13.4. The van der Waals surface area contributed by atoms with Crippen LogP contribution in [-0.4, -0.2) is 13.1 Å². The number of nitrogens with zero attached hydrogens (tertiary/aromatic N) is 2. The molecule has 104 valence electrons. The van der Waals surface area contributed by atoms with Crippen LogP contribution in [0.25, 0.3) is 0 Å². The lowest BCUT2D eigenvalue weighted by Gasteiger charge is -2.29. The second-order valence-electron chi connectivity index (χ2n) is 5.24. The fourth-order valence-electron chi connectivity index (χ4n) is 2.11. The molecule has 19 heavy (non-hydrogen) atoms. The summed E-state index contributed by atoms with van der Waals surface area (Å²) in [5, 5.41) is 8.81. The van der Waals surface area contributed by atoms with Crippen molar-refractivity contribution in [3.63, 3.8) is 0 Å². The molecular weight excluding hydrogens is 302 g/mol. The predicted octanol–water partition coefficient (Wildman–Crippen LogP) is 3.84. The topological polar surface area (TPSA) is 53.0 Å². The van der Waals surface area contributed by atoms with Gasteiger partial charge in [-0.15, -0.1) is 0 Å². The van der Waals surface area contributed by atoms with Crippen molar-refractivity contribution in [3.05, 3.63) is 28.2 Å². The zero-order valence-electron chi connectivity index (χ0n) is 11.9. The van der Waals surface area contributed by atoms with Crippen LogP contribution in [-0.2, 0) is 0 Å². The number of nitrogens with two attached hydrogens (primary N) is 1. The lowest BCUT2D eigenvalue weighted by molar-refractivity contribution is 0.608. The summed E-state index contributed by atoms with van der Waals surface area (Å²) in [4.78, 5) is 2.26. The largest absolute Gasteiger partial charge is 0.370 e. The second-order valence-corrected chi connectivity index (χ2v) is 6.16. The van der Waals surface area contributed by atoms with E-state index in [-0.39, 0.29) is 6.04 Å². The van der Waals surface area contributed by atoms with Gasteiger partial charge in [-0.1, -0.05) is 29.8 Å². The highest BCUT2D eigenvalue weighted by molar-refractivity contribution is 9.10. The first-order valence-corrected chi connectivity index (χ1v) is 7.42. The Kier molecular flexibility index (Phi) is 6.33. The van der Waals surface area contributed by atoms with Crippen LogP contribution in [0.2, 0.25) is 0 Å². The molecule has 0 aliphatic rings. The van der Waals surface area contributed by atoms with Crippen molar-refractivity contribution in [1.29, 1.82) is 5.26 Å². The summed E-state index contributed by atoms with van der Waals surface area (Å²) in [6.07, 6.45) is 0.529. The highest BCUT2D eigenvalue weighted by Gasteiger charge is 2.15. The van der Waals surface area contributed by atoms with Gasteiger partial charge in [-0.2, -0.15) is 5.26 Å². The molecule has 0 radical (unpaired) electrons. The van der Waals surface area contributed by atoms with Gasteiger partial charge in [0.2, 0.25) is 0 Å². The minimum absolute atomic E-state index is 0.0238. The van der Waals surface area contributed by atoms with Crippen molar-refractivity contribution < 1.29 is 0 Å². The molecule has 1 atom stereocenters. The predicted molar refractivity (Wildman–Crippen MR) is 84.0 cm³/mol. The van der Waals surface area contributed by atoms with Gasteiger partial charge in [0.25, 0.3) is 0 Å². The highest BCUT2D eigenvalue weighted by atomic mass is 79.9. The maximum atomic E-state index is 8.81. The van der Waals surface area contributed by atoms with Crippen LogP contribution < -0.4 is 10.6 Å². The standard InChI is InChI=1S/C15H22BrN3/c1-11(2)10-19(8-4-7-17)15-6-5-13(16)9-14(15)12(3)18/h5-6,9,11-12H,4,8,10,18H2,1-3H3. The smallest absolute Gasteiger partial charge is 0.0640 e. The van der Waals surface area contributed by atoms with Gasteiger partial charge in [-0.05, 0) is 36.6 Å². The van der Waals surface area contributed by atoms with Gasteiger partial charge >= 0.3 is 0 Å². The molecule has 0 saturated carbocycles. The quantitative estimate of drug-likeness (QED) is 0.865. The third kappa shape index (κ3) is 4.85. The first-order valence-electron chi connectivity index (χ1n) is 6.62. The summed E-state index contributed by atoms with van der Waals surface area (Å²) in [6.45, 7) is 8.04. The summed E-state index contributed by atoms with van der Waals surface area (Å²) >= 11 is 3.49. The molecule has 1 unspecified atom stereocenters. The van der Waals surface area contributed by atoms with Crippen LogP contribution in [0, 0.1) is 17.2 Å². The van der Waals surface area contributed by atoms with E-state index in [1.54, 1.807) is 0 Å². The Morgan fingerprint density at radius 3 is 2.58 bits per heavy atom. The maximum Gasteiger partial charge on any atom is 0.0640 e. The molecule has 0 aliphatic carbocycles. The monoisotopic (exact) mass is 323 g/mol. The van der Waals surface area contributed by atoms with E-state index in [0.29, 0.717) is 12.3 Å². The molecule has 1 rings (SSSR count). The Balaban J connectivity index is 3.10. The SMILES string of the molecule is CC(C)CN(CCC#N)c1ccc(Br)cc1C(C)N. The Morgan fingerprint density at radius 2 is 2.05 bits per heavy atom. The molecule has 3 nitrogen and oxygen atoms in total. The first kappa shape index (κ1) is 16.0. The van der Waals surface area contributed by atoms with E-state index in [1.807, 2.05) is 13.0 Å². The fourth-order valence-corrected chi connectivity index (χ4v) is 2.49. The number of rotatable bonds is 6. The Bertz CT molecular complexity index is 449. The Morgan fingerprint density at radius 1 is 1.37 bits per heavy atom. The summed E-state index contributed by atoms with van der Waals surface area (Å²) < 4.78 is 1.04. The molecule has 0 fully saturated rings. The number of halogens is 1. The van der Waals surface area contributed by atoms with Crippen LogP contribution in [0.4, 0.5) is 5.69 Å². The van der Waals surface area contributed by atoms with Crippen molar-refractivity contribution in [1.82, 2.24) is 0 Å². The third-order valence-electron chi connectivity index (χ3n) is 2.90. The second kappa shape index (κ2) is 7.52. The van der Waals surface area contributed by atoms with Gasteiger partial charge in [0.1, 0.15) is 0 Å². The van der Waals surface area contributed by atoms with Crippen molar-refractivity contribution in [2.75, 3.05) is 18.0 Å². The molecule has 0 spiro atoms. The lowest BCUT2D eigenvalue weighted by atomic mass is 10.0. The minimum Gasteiger partial charge on any atom is -0.370 e. The van der Waals surface area contributed by atoms with E-state index in [4.69, 9.17) is 11.0 Å².